The highest BCUT2D eigenvalue weighted by Gasteiger charge is 2.21. The molecule has 4 heterocycles. The summed E-state index contributed by atoms with van der Waals surface area (Å²) in [6.07, 6.45) is 0. The molecule has 58 heavy (non-hydrogen) atoms. The molecule has 272 valence electrons. The quantitative estimate of drug-likeness (QED) is 0.168. The summed E-state index contributed by atoms with van der Waals surface area (Å²) in [6.45, 7) is 0. The van der Waals surface area contributed by atoms with Crippen molar-refractivity contribution in [1.29, 1.82) is 0 Å². The summed E-state index contributed by atoms with van der Waals surface area (Å²) in [6, 6.07) is 61.6. The summed E-state index contributed by atoms with van der Waals surface area (Å²) in [5.74, 6) is 1.79. The standard InChI is InChI=1S/C51H30N4O3/c1-3-12-31(13-4-1)49-52-50(32-14-5-2-6-15-32)54-51(53-49)40-18-11-21-45-48(40)39-26-23-35(30-47(39)58-45)55(33-24-27-44-41(28-33)37-17-8-10-20-43(37)56-44)34-22-25-38-36-16-7-9-19-42(36)57-46(38)29-34/h1-30H. The fraction of sp³-hybridized carbons (Fsp3) is 0. The van der Waals surface area contributed by atoms with Crippen LogP contribution in [0, 0.1) is 0 Å². The van der Waals surface area contributed by atoms with Gasteiger partial charge in [-0.3, -0.25) is 0 Å². The first kappa shape index (κ1) is 32.2. The summed E-state index contributed by atoms with van der Waals surface area (Å²) in [5, 5.41) is 6.17. The lowest BCUT2D eigenvalue weighted by atomic mass is 10.0. The summed E-state index contributed by atoms with van der Waals surface area (Å²) in [5.41, 5.74) is 10.4. The number of para-hydroxylation sites is 2. The fourth-order valence-corrected chi connectivity index (χ4v) is 8.22. The molecule has 8 aromatic carbocycles. The number of benzene rings is 8. The molecule has 12 rings (SSSR count). The predicted molar refractivity (Wildman–Crippen MR) is 233 cm³/mol. The molecule has 0 aliphatic carbocycles. The molecule has 0 radical (unpaired) electrons. The van der Waals surface area contributed by atoms with Crippen LogP contribution >= 0.6 is 0 Å². The van der Waals surface area contributed by atoms with Crippen molar-refractivity contribution in [2.75, 3.05) is 4.90 Å². The van der Waals surface area contributed by atoms with Gasteiger partial charge in [-0.15, -0.1) is 0 Å². The Kier molecular flexibility index (Phi) is 7.09. The van der Waals surface area contributed by atoms with Gasteiger partial charge in [-0.2, -0.15) is 0 Å². The van der Waals surface area contributed by atoms with Crippen molar-refractivity contribution < 1.29 is 13.3 Å². The van der Waals surface area contributed by atoms with Crippen LogP contribution in [0.15, 0.2) is 195 Å². The number of fused-ring (bicyclic) bond motifs is 9. The zero-order valence-corrected chi connectivity index (χ0v) is 30.8. The van der Waals surface area contributed by atoms with Crippen LogP contribution in [0.1, 0.15) is 0 Å². The SMILES string of the molecule is c1ccc(-c2nc(-c3ccccc3)nc(-c3cccc4oc5cc(N(c6ccc7c(c6)oc6ccccc67)c6ccc7oc8ccccc8c7c6)ccc5c34)n2)cc1. The second-order valence-corrected chi connectivity index (χ2v) is 14.4. The van der Waals surface area contributed by atoms with Gasteiger partial charge in [-0.05, 0) is 60.7 Å². The van der Waals surface area contributed by atoms with E-state index in [-0.39, 0.29) is 0 Å². The summed E-state index contributed by atoms with van der Waals surface area (Å²) < 4.78 is 19.3. The molecule has 0 saturated heterocycles. The Morgan fingerprint density at radius 2 is 0.776 bits per heavy atom. The van der Waals surface area contributed by atoms with E-state index in [1.807, 2.05) is 115 Å². The van der Waals surface area contributed by atoms with E-state index in [0.717, 1.165) is 99.6 Å². The van der Waals surface area contributed by atoms with Gasteiger partial charge in [-0.25, -0.2) is 15.0 Å². The van der Waals surface area contributed by atoms with E-state index < -0.39 is 0 Å². The maximum Gasteiger partial charge on any atom is 0.164 e. The zero-order valence-electron chi connectivity index (χ0n) is 30.8. The summed E-state index contributed by atoms with van der Waals surface area (Å²) in [4.78, 5) is 17.3. The van der Waals surface area contributed by atoms with Gasteiger partial charge in [0.1, 0.15) is 33.5 Å². The highest BCUT2D eigenvalue weighted by molar-refractivity contribution is 6.13. The molecule has 0 bridgehead atoms. The average Bonchev–Trinajstić information content (AvgIpc) is 3.97. The Morgan fingerprint density at radius 1 is 0.310 bits per heavy atom. The van der Waals surface area contributed by atoms with E-state index in [1.54, 1.807) is 0 Å². The maximum absolute atomic E-state index is 6.70. The van der Waals surface area contributed by atoms with Crippen LogP contribution in [0.2, 0.25) is 0 Å². The third-order valence-electron chi connectivity index (χ3n) is 10.9. The number of rotatable bonds is 6. The largest absolute Gasteiger partial charge is 0.456 e. The molecule has 0 amide bonds. The molecule has 0 saturated carbocycles. The average molecular weight is 747 g/mol. The van der Waals surface area contributed by atoms with Gasteiger partial charge in [0, 0.05) is 78.2 Å². The van der Waals surface area contributed by atoms with E-state index in [0.29, 0.717) is 17.5 Å². The van der Waals surface area contributed by atoms with Gasteiger partial charge >= 0.3 is 0 Å². The van der Waals surface area contributed by atoms with Crippen molar-refractivity contribution in [1.82, 2.24) is 15.0 Å². The van der Waals surface area contributed by atoms with Crippen LogP contribution in [0.5, 0.6) is 0 Å². The van der Waals surface area contributed by atoms with Crippen molar-refractivity contribution >= 4 is 82.9 Å². The Bertz CT molecular complexity index is 3470. The van der Waals surface area contributed by atoms with E-state index in [1.165, 1.54) is 0 Å². The fourth-order valence-electron chi connectivity index (χ4n) is 8.22. The summed E-state index contributed by atoms with van der Waals surface area (Å²) >= 11 is 0. The van der Waals surface area contributed by atoms with Crippen LogP contribution in [-0.2, 0) is 0 Å². The van der Waals surface area contributed by atoms with Gasteiger partial charge in [-0.1, -0.05) is 109 Å². The Balaban J connectivity index is 1.05. The molecule has 12 aromatic rings. The maximum atomic E-state index is 6.70. The molecule has 0 aliphatic heterocycles. The second-order valence-electron chi connectivity index (χ2n) is 14.4. The van der Waals surface area contributed by atoms with Gasteiger partial charge in [0.2, 0.25) is 0 Å². The van der Waals surface area contributed by atoms with Crippen molar-refractivity contribution in [2.45, 2.75) is 0 Å². The number of anilines is 3. The minimum atomic E-state index is 0.575. The number of aromatic nitrogens is 3. The summed E-state index contributed by atoms with van der Waals surface area (Å²) in [7, 11) is 0. The molecule has 7 nitrogen and oxygen atoms in total. The second kappa shape index (κ2) is 12.8. The Morgan fingerprint density at radius 3 is 1.47 bits per heavy atom. The molecule has 0 fully saturated rings. The molecule has 4 aromatic heterocycles. The molecule has 0 aliphatic rings. The van der Waals surface area contributed by atoms with Gasteiger partial charge in [0.15, 0.2) is 17.5 Å². The van der Waals surface area contributed by atoms with Gasteiger partial charge in [0.25, 0.3) is 0 Å². The molecular weight excluding hydrogens is 717 g/mol. The van der Waals surface area contributed by atoms with E-state index in [2.05, 4.69) is 71.6 Å². The van der Waals surface area contributed by atoms with Crippen LogP contribution in [0.3, 0.4) is 0 Å². The minimum absolute atomic E-state index is 0.575. The molecule has 0 N–H and O–H groups in total. The molecule has 0 unspecified atom stereocenters. The third kappa shape index (κ3) is 5.18. The molecule has 0 atom stereocenters. The lowest BCUT2D eigenvalue weighted by molar-refractivity contribution is 0.668. The van der Waals surface area contributed by atoms with Crippen LogP contribution in [-0.4, -0.2) is 15.0 Å². The van der Waals surface area contributed by atoms with Gasteiger partial charge in [0.05, 0.1) is 0 Å². The van der Waals surface area contributed by atoms with Crippen LogP contribution in [0.25, 0.3) is 100.0 Å². The topological polar surface area (TPSA) is 81.3 Å². The first-order valence-corrected chi connectivity index (χ1v) is 19.2. The van der Waals surface area contributed by atoms with Crippen molar-refractivity contribution in [2.24, 2.45) is 0 Å². The first-order chi connectivity index (χ1) is 28.7. The van der Waals surface area contributed by atoms with Gasteiger partial charge < -0.3 is 18.2 Å². The third-order valence-corrected chi connectivity index (χ3v) is 10.9. The minimum Gasteiger partial charge on any atom is -0.456 e. The Labute approximate surface area is 331 Å². The highest BCUT2D eigenvalue weighted by atomic mass is 16.3. The number of furan rings is 3. The van der Waals surface area contributed by atoms with Crippen molar-refractivity contribution in [3.05, 3.63) is 182 Å². The Hall–Kier alpha value is -8.03. The lowest BCUT2D eigenvalue weighted by Gasteiger charge is -2.25. The number of hydrogen-bond donors (Lipinski definition) is 0. The lowest BCUT2D eigenvalue weighted by Crippen LogP contribution is -2.09. The zero-order chi connectivity index (χ0) is 38.2. The van der Waals surface area contributed by atoms with E-state index in [4.69, 9.17) is 28.2 Å². The van der Waals surface area contributed by atoms with Crippen LogP contribution < -0.4 is 4.90 Å². The molecular formula is C51H30N4O3. The number of hydrogen-bond acceptors (Lipinski definition) is 7. The van der Waals surface area contributed by atoms with Crippen molar-refractivity contribution in [3.63, 3.8) is 0 Å². The number of nitrogens with zero attached hydrogens (tertiary/aromatic N) is 4. The van der Waals surface area contributed by atoms with E-state index in [9.17, 15) is 0 Å². The van der Waals surface area contributed by atoms with E-state index >= 15 is 0 Å². The molecule has 0 spiro atoms. The normalized spacial score (nSPS) is 11.8. The van der Waals surface area contributed by atoms with Crippen molar-refractivity contribution in [3.8, 4) is 34.2 Å². The van der Waals surface area contributed by atoms with Crippen LogP contribution in [0.4, 0.5) is 17.1 Å². The molecule has 7 heteroatoms. The first-order valence-electron chi connectivity index (χ1n) is 19.2. The smallest absolute Gasteiger partial charge is 0.164 e. The monoisotopic (exact) mass is 746 g/mol. The highest BCUT2D eigenvalue weighted by Crippen LogP contribution is 2.44. The predicted octanol–water partition coefficient (Wildman–Crippen LogP) is 14.0.